The number of aliphatic hydroxyl groups is 1. The molecule has 9 heteroatoms. The highest BCUT2D eigenvalue weighted by Crippen LogP contribution is 2.28. The molecule has 3 aromatic rings. The predicted octanol–water partition coefficient (Wildman–Crippen LogP) is 3.84. The van der Waals surface area contributed by atoms with Gasteiger partial charge in [0.25, 0.3) is 5.91 Å². The van der Waals surface area contributed by atoms with Crippen molar-refractivity contribution in [1.29, 1.82) is 0 Å². The van der Waals surface area contributed by atoms with Crippen LogP contribution in [0, 0.1) is 0 Å². The molecular formula is C29H32BrN3O5. The standard InChI is InChI=1S/C29H32BrN3O5/c1-36-26-6-3-2-5-22(26)15-16-31-33-28(35)29(19-21-7-11-24(30)12-8-21)20-38-27(32-29)23-9-13-25(14-10-23)37-18-4-17-34/h2-3,5-14,31,34H,4,15-20H2,1H3,(H,33,35)/t29-/m0/s1. The number of methoxy groups -OCH3 is 1. The molecule has 0 fully saturated rings. The van der Waals surface area contributed by atoms with Crippen LogP contribution < -0.4 is 20.3 Å². The number of nitrogens with one attached hydrogen (secondary N) is 2. The maximum absolute atomic E-state index is 13.5. The summed E-state index contributed by atoms with van der Waals surface area (Å²) < 4.78 is 18.0. The number of aliphatic imine (C=N–C) groups is 1. The van der Waals surface area contributed by atoms with E-state index >= 15 is 0 Å². The maximum atomic E-state index is 13.5. The molecule has 0 saturated heterocycles. The lowest BCUT2D eigenvalue weighted by atomic mass is 9.91. The molecule has 0 aromatic heterocycles. The van der Waals surface area contributed by atoms with Crippen molar-refractivity contribution < 1.29 is 24.1 Å². The molecular weight excluding hydrogens is 550 g/mol. The minimum Gasteiger partial charge on any atom is -0.496 e. The van der Waals surface area contributed by atoms with Crippen molar-refractivity contribution in [1.82, 2.24) is 10.9 Å². The van der Waals surface area contributed by atoms with E-state index in [4.69, 9.17) is 24.3 Å². The number of halogens is 1. The normalized spacial score (nSPS) is 16.4. The first-order chi connectivity index (χ1) is 18.5. The summed E-state index contributed by atoms with van der Waals surface area (Å²) in [6.45, 7) is 1.16. The number of aliphatic hydroxyl groups excluding tert-OH is 1. The molecule has 0 aliphatic carbocycles. The summed E-state index contributed by atoms with van der Waals surface area (Å²) in [4.78, 5) is 18.3. The van der Waals surface area contributed by atoms with Crippen molar-refractivity contribution in [2.24, 2.45) is 4.99 Å². The maximum Gasteiger partial charge on any atom is 0.266 e. The summed E-state index contributed by atoms with van der Waals surface area (Å²) in [6, 6.07) is 23.0. The van der Waals surface area contributed by atoms with Crippen LogP contribution in [0.3, 0.4) is 0 Å². The van der Waals surface area contributed by atoms with E-state index in [-0.39, 0.29) is 19.1 Å². The zero-order valence-corrected chi connectivity index (χ0v) is 22.9. The number of carbonyl (C=O) groups is 1. The third-order valence-electron chi connectivity index (χ3n) is 6.18. The number of ether oxygens (including phenoxy) is 3. The molecule has 0 saturated carbocycles. The Morgan fingerprint density at radius 1 is 1.11 bits per heavy atom. The summed E-state index contributed by atoms with van der Waals surface area (Å²) in [5, 5.41) is 8.93. The molecule has 1 aliphatic rings. The molecule has 38 heavy (non-hydrogen) atoms. The van der Waals surface area contributed by atoms with Gasteiger partial charge in [-0.25, -0.2) is 10.4 Å². The minimum absolute atomic E-state index is 0.0839. The fraction of sp³-hybridized carbons (Fsp3) is 0.310. The molecule has 1 heterocycles. The Morgan fingerprint density at radius 2 is 1.87 bits per heavy atom. The lowest BCUT2D eigenvalue weighted by molar-refractivity contribution is -0.127. The van der Waals surface area contributed by atoms with Crippen LogP contribution in [0.5, 0.6) is 11.5 Å². The summed E-state index contributed by atoms with van der Waals surface area (Å²) in [7, 11) is 1.65. The lowest BCUT2D eigenvalue weighted by Crippen LogP contribution is -2.53. The quantitative estimate of drug-likeness (QED) is 0.209. The highest BCUT2D eigenvalue weighted by Gasteiger charge is 2.44. The van der Waals surface area contributed by atoms with Crippen molar-refractivity contribution in [3.05, 3.63) is 94.0 Å². The van der Waals surface area contributed by atoms with Gasteiger partial charge in [0.05, 0.1) is 13.7 Å². The van der Waals surface area contributed by atoms with E-state index in [9.17, 15) is 4.79 Å². The van der Waals surface area contributed by atoms with E-state index in [1.54, 1.807) is 7.11 Å². The number of hydrogen-bond acceptors (Lipinski definition) is 7. The largest absolute Gasteiger partial charge is 0.496 e. The van der Waals surface area contributed by atoms with Gasteiger partial charge in [0.15, 0.2) is 5.54 Å². The average molecular weight is 582 g/mol. The summed E-state index contributed by atoms with van der Waals surface area (Å²) in [5.41, 5.74) is 7.55. The third-order valence-corrected chi connectivity index (χ3v) is 6.71. The van der Waals surface area contributed by atoms with E-state index in [1.165, 1.54) is 0 Å². The van der Waals surface area contributed by atoms with Crippen LogP contribution in [0.1, 0.15) is 23.1 Å². The number of para-hydroxylation sites is 1. The van der Waals surface area contributed by atoms with Crippen LogP contribution in [0.2, 0.25) is 0 Å². The first kappa shape index (κ1) is 27.6. The highest BCUT2D eigenvalue weighted by atomic mass is 79.9. The molecule has 3 N–H and O–H groups in total. The van der Waals surface area contributed by atoms with Crippen LogP contribution in [0.25, 0.3) is 0 Å². The predicted molar refractivity (Wildman–Crippen MR) is 150 cm³/mol. The van der Waals surface area contributed by atoms with Gasteiger partial charge in [-0.3, -0.25) is 10.2 Å². The number of hydrogen-bond donors (Lipinski definition) is 3. The van der Waals surface area contributed by atoms with Gasteiger partial charge in [-0.15, -0.1) is 0 Å². The summed E-state index contributed by atoms with van der Waals surface area (Å²) in [6.07, 6.45) is 1.63. The molecule has 1 atom stereocenters. The van der Waals surface area contributed by atoms with Gasteiger partial charge in [-0.05, 0) is 60.0 Å². The number of amides is 1. The molecule has 1 amide bonds. The van der Waals surface area contributed by atoms with Gasteiger partial charge in [0.1, 0.15) is 18.1 Å². The zero-order chi connectivity index (χ0) is 26.8. The van der Waals surface area contributed by atoms with Gasteiger partial charge >= 0.3 is 0 Å². The second-order valence-electron chi connectivity index (χ2n) is 8.93. The molecule has 0 radical (unpaired) electrons. The first-order valence-electron chi connectivity index (χ1n) is 12.5. The first-order valence-corrected chi connectivity index (χ1v) is 13.3. The third kappa shape index (κ3) is 7.12. The number of nitrogens with zero attached hydrogens (tertiary/aromatic N) is 1. The summed E-state index contributed by atoms with van der Waals surface area (Å²) >= 11 is 3.46. The van der Waals surface area contributed by atoms with Gasteiger partial charge in [-0.2, -0.15) is 0 Å². The van der Waals surface area contributed by atoms with Crippen molar-refractivity contribution in [2.45, 2.75) is 24.8 Å². The number of hydrazine groups is 1. The van der Waals surface area contributed by atoms with E-state index in [0.29, 0.717) is 44.1 Å². The molecule has 0 bridgehead atoms. The smallest absolute Gasteiger partial charge is 0.266 e. The Labute approximate surface area is 231 Å². The van der Waals surface area contributed by atoms with Gasteiger partial charge in [0, 0.05) is 36.0 Å². The van der Waals surface area contributed by atoms with Crippen LogP contribution in [0.15, 0.2) is 82.3 Å². The average Bonchev–Trinajstić information content (AvgIpc) is 3.38. The molecule has 8 nitrogen and oxygen atoms in total. The van der Waals surface area contributed by atoms with Crippen LogP contribution in [-0.4, -0.2) is 55.9 Å². The topological polar surface area (TPSA) is 101 Å². The number of benzene rings is 3. The second kappa shape index (κ2) is 13.4. The van der Waals surface area contributed by atoms with Crippen molar-refractivity contribution in [2.75, 3.05) is 33.5 Å². The molecule has 4 rings (SSSR count). The fourth-order valence-electron chi connectivity index (χ4n) is 4.14. The van der Waals surface area contributed by atoms with E-state index in [2.05, 4.69) is 26.8 Å². The Morgan fingerprint density at radius 3 is 2.61 bits per heavy atom. The van der Waals surface area contributed by atoms with Gasteiger partial charge < -0.3 is 19.3 Å². The molecule has 0 spiro atoms. The van der Waals surface area contributed by atoms with Gasteiger partial charge in [-0.1, -0.05) is 46.3 Å². The number of carbonyl (C=O) groups excluding carboxylic acids is 1. The van der Waals surface area contributed by atoms with Crippen molar-refractivity contribution >= 4 is 27.7 Å². The monoisotopic (exact) mass is 581 g/mol. The Kier molecular flexibility index (Phi) is 9.75. The van der Waals surface area contributed by atoms with E-state index in [0.717, 1.165) is 26.9 Å². The van der Waals surface area contributed by atoms with Crippen molar-refractivity contribution in [3.8, 4) is 11.5 Å². The van der Waals surface area contributed by atoms with Crippen LogP contribution in [-0.2, 0) is 22.4 Å². The van der Waals surface area contributed by atoms with Crippen LogP contribution in [0.4, 0.5) is 0 Å². The Hall–Kier alpha value is -3.40. The zero-order valence-electron chi connectivity index (χ0n) is 21.3. The summed E-state index contributed by atoms with van der Waals surface area (Å²) in [5.74, 6) is 1.65. The van der Waals surface area contributed by atoms with Gasteiger partial charge in [0.2, 0.25) is 5.90 Å². The fourth-order valence-corrected chi connectivity index (χ4v) is 4.40. The second-order valence-corrected chi connectivity index (χ2v) is 9.85. The van der Waals surface area contributed by atoms with Crippen LogP contribution >= 0.6 is 15.9 Å². The highest BCUT2D eigenvalue weighted by molar-refractivity contribution is 9.10. The molecule has 0 unspecified atom stereocenters. The lowest BCUT2D eigenvalue weighted by Gasteiger charge is -2.23. The Balaban J connectivity index is 1.47. The van der Waals surface area contributed by atoms with E-state index < -0.39 is 5.54 Å². The molecule has 3 aromatic carbocycles. The minimum atomic E-state index is -1.13. The van der Waals surface area contributed by atoms with Crippen molar-refractivity contribution in [3.63, 3.8) is 0 Å². The SMILES string of the molecule is COc1ccccc1CCNNC(=O)[C@]1(Cc2ccc(Br)cc2)COC(c2ccc(OCCCO)cc2)=N1. The van der Waals surface area contributed by atoms with E-state index in [1.807, 2.05) is 72.8 Å². The Bertz CT molecular complexity index is 1230. The number of rotatable bonds is 13. The molecule has 200 valence electrons. The molecule has 1 aliphatic heterocycles.